The Morgan fingerprint density at radius 2 is 0.658 bits per heavy atom. The molecule has 0 unspecified atom stereocenters. The van der Waals surface area contributed by atoms with E-state index < -0.39 is 0 Å². The van der Waals surface area contributed by atoms with Crippen molar-refractivity contribution in [3.63, 3.8) is 0 Å². The molecule has 73 heavy (non-hydrogen) atoms. The van der Waals surface area contributed by atoms with Gasteiger partial charge in [0.25, 0.3) is 0 Å². The van der Waals surface area contributed by atoms with Gasteiger partial charge in [-0.05, 0) is 152 Å². The maximum Gasteiger partial charge on any atom is 0.123 e. The van der Waals surface area contributed by atoms with Gasteiger partial charge >= 0.3 is 0 Å². The van der Waals surface area contributed by atoms with E-state index in [1.807, 2.05) is 72.9 Å². The molecule has 0 aliphatic rings. The Kier molecular flexibility index (Phi) is 15.4. The van der Waals surface area contributed by atoms with Gasteiger partial charge in [-0.15, -0.1) is 65.2 Å². The third-order valence-electron chi connectivity index (χ3n) is 13.5. The molecule has 11 rings (SSSR count). The third kappa shape index (κ3) is 10.6. The van der Waals surface area contributed by atoms with E-state index in [0.29, 0.717) is 0 Å². The first-order valence-corrected chi connectivity index (χ1v) is 24.4. The third-order valence-corrected chi connectivity index (χ3v) is 13.5. The molecule has 11 aromatic rings. The minimum atomic E-state index is -0.266. The van der Waals surface area contributed by atoms with Crippen molar-refractivity contribution in [3.05, 3.63) is 277 Å². The zero-order valence-electron chi connectivity index (χ0n) is 41.5. The summed E-state index contributed by atoms with van der Waals surface area (Å²) >= 11 is 0. The van der Waals surface area contributed by atoms with Gasteiger partial charge in [0, 0.05) is 32.5 Å². The summed E-state index contributed by atoms with van der Waals surface area (Å²) in [6.07, 6.45) is 3.60. The second-order valence-electron chi connectivity index (χ2n) is 18.3. The Balaban J connectivity index is 0.000000407. The molecule has 0 spiro atoms. The molecular formula is C69H53FIrN2-2. The van der Waals surface area contributed by atoms with Crippen molar-refractivity contribution in [2.75, 3.05) is 0 Å². The van der Waals surface area contributed by atoms with Gasteiger partial charge in [0.1, 0.15) is 5.82 Å². The van der Waals surface area contributed by atoms with Gasteiger partial charge < -0.3 is 9.97 Å². The fourth-order valence-corrected chi connectivity index (χ4v) is 9.73. The van der Waals surface area contributed by atoms with E-state index in [9.17, 15) is 4.39 Å². The molecule has 2 heterocycles. The number of aryl methyl sites for hydroxylation is 5. The zero-order valence-corrected chi connectivity index (χ0v) is 43.9. The molecule has 9 aromatic carbocycles. The predicted octanol–water partition coefficient (Wildman–Crippen LogP) is 18.4. The smallest absolute Gasteiger partial charge is 0.123 e. The molecule has 2 nitrogen and oxygen atoms in total. The van der Waals surface area contributed by atoms with Crippen molar-refractivity contribution in [2.24, 2.45) is 0 Å². The first-order valence-electron chi connectivity index (χ1n) is 24.4. The van der Waals surface area contributed by atoms with Crippen molar-refractivity contribution in [1.82, 2.24) is 9.97 Å². The Morgan fingerprint density at radius 1 is 0.315 bits per heavy atom. The molecule has 0 atom stereocenters. The van der Waals surface area contributed by atoms with E-state index in [1.54, 1.807) is 18.3 Å². The van der Waals surface area contributed by atoms with E-state index in [1.165, 1.54) is 33.4 Å². The summed E-state index contributed by atoms with van der Waals surface area (Å²) in [6.45, 7) is 10.9. The standard InChI is InChI=1S/C57H43FN.C12H10N.Ir/c1-37-15-5-9-19-47(37)54-52(44-30-26-42(27-31-44)41-24-28-43(29-25-41)51-23-13-14-36-59-51)53(45-32-34-46(58)35-33-45)55(48-20-10-6-16-38(48)2)57(50-22-12-8-18-40(50)4)56(54)49-21-11-7-17-39(49)3;1-10-5-7-11(8-6-10)12-4-2-3-9-13-12;/h5-28,30-36H,1-4H3;2-7,9H,1H3;/q2*-1;. The second-order valence-corrected chi connectivity index (χ2v) is 18.3. The molecule has 0 amide bonds. The average molecular weight is 1120 g/mol. The Morgan fingerprint density at radius 3 is 1.01 bits per heavy atom. The second kappa shape index (κ2) is 22.5. The zero-order chi connectivity index (χ0) is 49.6. The van der Waals surface area contributed by atoms with Crippen LogP contribution in [0.5, 0.6) is 0 Å². The number of hydrogen-bond acceptors (Lipinski definition) is 2. The number of aromatic nitrogens is 2. The Bertz CT molecular complexity index is 3640. The summed E-state index contributed by atoms with van der Waals surface area (Å²) in [5, 5.41) is 0. The van der Waals surface area contributed by atoms with Crippen LogP contribution in [0.3, 0.4) is 0 Å². The molecule has 0 saturated heterocycles. The summed E-state index contributed by atoms with van der Waals surface area (Å²) in [6, 6.07) is 81.7. The van der Waals surface area contributed by atoms with Crippen molar-refractivity contribution in [2.45, 2.75) is 34.6 Å². The summed E-state index contributed by atoms with van der Waals surface area (Å²) in [5.41, 5.74) is 25.4. The normalized spacial score (nSPS) is 10.8. The number of nitrogens with zero attached hydrogens (tertiary/aromatic N) is 2. The van der Waals surface area contributed by atoms with Crippen LogP contribution in [0.25, 0.3) is 100 Å². The number of rotatable bonds is 9. The van der Waals surface area contributed by atoms with Crippen LogP contribution in [0.2, 0.25) is 0 Å². The van der Waals surface area contributed by atoms with Crippen molar-refractivity contribution >= 4 is 0 Å². The molecule has 0 N–H and O–H groups in total. The van der Waals surface area contributed by atoms with Gasteiger partial charge in [-0.25, -0.2) is 4.39 Å². The molecule has 0 saturated carbocycles. The fourth-order valence-electron chi connectivity index (χ4n) is 9.73. The molecule has 0 aliphatic carbocycles. The van der Waals surface area contributed by atoms with Crippen LogP contribution in [0.15, 0.2) is 231 Å². The van der Waals surface area contributed by atoms with Crippen molar-refractivity contribution < 1.29 is 24.5 Å². The largest absolute Gasteiger partial charge is 0.305 e. The SMILES string of the molecule is Cc1c[c-]c(-c2ccccn2)cc1.Cc1ccccc1-c1c(-c2ccc(F)cc2)c(-c2ccc(-c3c[c-]c(-c4ccccn4)cc3)cc2)c(-c2ccccc2C)c(-c2ccccc2C)c1-c1ccccc1C.[Ir]. The molecule has 1 radical (unpaired) electrons. The number of hydrogen-bond donors (Lipinski definition) is 0. The van der Waals surface area contributed by atoms with E-state index in [-0.39, 0.29) is 25.9 Å². The van der Waals surface area contributed by atoms with Gasteiger partial charge in [-0.1, -0.05) is 176 Å². The number of pyridine rings is 2. The minimum Gasteiger partial charge on any atom is -0.305 e. The molecule has 0 aliphatic heterocycles. The van der Waals surface area contributed by atoms with Gasteiger partial charge in [-0.2, -0.15) is 0 Å². The summed E-state index contributed by atoms with van der Waals surface area (Å²) < 4.78 is 15.0. The van der Waals surface area contributed by atoms with Crippen LogP contribution in [0.4, 0.5) is 4.39 Å². The Hall–Kier alpha value is -8.14. The van der Waals surface area contributed by atoms with Crippen LogP contribution in [-0.4, -0.2) is 9.97 Å². The minimum absolute atomic E-state index is 0. The van der Waals surface area contributed by atoms with Crippen LogP contribution >= 0.6 is 0 Å². The summed E-state index contributed by atoms with van der Waals surface area (Å²) in [4.78, 5) is 8.77. The van der Waals surface area contributed by atoms with Gasteiger partial charge in [0.05, 0.1) is 0 Å². The van der Waals surface area contributed by atoms with Crippen molar-refractivity contribution in [1.29, 1.82) is 0 Å². The molecule has 0 bridgehead atoms. The molecular weight excluding hydrogens is 1070 g/mol. The molecule has 0 fully saturated rings. The summed E-state index contributed by atoms with van der Waals surface area (Å²) in [7, 11) is 0. The monoisotopic (exact) mass is 1120 g/mol. The quantitative estimate of drug-likeness (QED) is 0.135. The predicted molar refractivity (Wildman–Crippen MR) is 299 cm³/mol. The van der Waals surface area contributed by atoms with Crippen LogP contribution < -0.4 is 0 Å². The average Bonchev–Trinajstić information content (AvgIpc) is 3.42. The topological polar surface area (TPSA) is 25.8 Å². The Labute approximate surface area is 443 Å². The van der Waals surface area contributed by atoms with Crippen LogP contribution in [0, 0.1) is 52.6 Å². The molecule has 357 valence electrons. The maximum absolute atomic E-state index is 15.0. The van der Waals surface area contributed by atoms with Crippen LogP contribution in [0.1, 0.15) is 27.8 Å². The number of halogens is 1. The van der Waals surface area contributed by atoms with Crippen LogP contribution in [-0.2, 0) is 20.1 Å². The van der Waals surface area contributed by atoms with E-state index in [0.717, 1.165) is 94.8 Å². The molecule has 2 aromatic heterocycles. The van der Waals surface area contributed by atoms with Crippen molar-refractivity contribution in [3.8, 4) is 100 Å². The fraction of sp³-hybridized carbons (Fsp3) is 0.0725. The maximum atomic E-state index is 15.0. The van der Waals surface area contributed by atoms with Gasteiger partial charge in [0.2, 0.25) is 0 Å². The van der Waals surface area contributed by atoms with Gasteiger partial charge in [0.15, 0.2) is 0 Å². The molecule has 4 heteroatoms. The summed E-state index contributed by atoms with van der Waals surface area (Å²) in [5.74, 6) is -0.266. The van der Waals surface area contributed by atoms with E-state index in [2.05, 4.69) is 196 Å². The first kappa shape index (κ1) is 49.8. The van der Waals surface area contributed by atoms with E-state index in [4.69, 9.17) is 0 Å². The number of benzene rings is 9. The van der Waals surface area contributed by atoms with Gasteiger partial charge in [-0.3, -0.25) is 0 Å². The first-order chi connectivity index (χ1) is 35.2. The van der Waals surface area contributed by atoms with E-state index >= 15 is 0 Å².